The molecule has 0 N–H and O–H groups in total. The Balaban J connectivity index is 1.50. The van der Waals surface area contributed by atoms with Gasteiger partial charge in [0.2, 0.25) is 15.9 Å². The number of amides is 1. The number of hydrogen-bond acceptors (Lipinski definition) is 5. The highest BCUT2D eigenvalue weighted by Gasteiger charge is 2.41. The molecule has 1 amide bonds. The van der Waals surface area contributed by atoms with Crippen molar-refractivity contribution in [3.63, 3.8) is 0 Å². The van der Waals surface area contributed by atoms with Gasteiger partial charge in [-0.25, -0.2) is 8.42 Å². The minimum atomic E-state index is -3.67. The van der Waals surface area contributed by atoms with Gasteiger partial charge in [-0.2, -0.15) is 4.31 Å². The zero-order chi connectivity index (χ0) is 25.8. The van der Waals surface area contributed by atoms with Gasteiger partial charge in [-0.15, -0.1) is 0 Å². The van der Waals surface area contributed by atoms with Crippen molar-refractivity contribution in [2.45, 2.75) is 50.3 Å². The summed E-state index contributed by atoms with van der Waals surface area (Å²) in [7, 11) is -2.15. The van der Waals surface area contributed by atoms with Gasteiger partial charge in [-0.1, -0.05) is 17.7 Å². The first-order valence-electron chi connectivity index (χ1n) is 12.5. The summed E-state index contributed by atoms with van der Waals surface area (Å²) in [6, 6.07) is 12.1. The maximum atomic E-state index is 13.3. The largest absolute Gasteiger partial charge is 0.497 e. The van der Waals surface area contributed by atoms with Crippen molar-refractivity contribution in [1.82, 2.24) is 9.21 Å². The first-order chi connectivity index (χ1) is 17.2. The molecule has 7 nitrogen and oxygen atoms in total. The fourth-order valence-corrected chi connectivity index (χ4v) is 6.60. The summed E-state index contributed by atoms with van der Waals surface area (Å²) in [5.74, 6) is 1.34. The van der Waals surface area contributed by atoms with E-state index in [1.807, 2.05) is 24.0 Å². The lowest BCUT2D eigenvalue weighted by Gasteiger charge is -2.42. The minimum Gasteiger partial charge on any atom is -0.497 e. The van der Waals surface area contributed by atoms with E-state index in [4.69, 9.17) is 21.1 Å². The molecule has 2 saturated heterocycles. The second-order valence-electron chi connectivity index (χ2n) is 9.90. The monoisotopic (exact) mass is 534 g/mol. The van der Waals surface area contributed by atoms with Gasteiger partial charge in [0, 0.05) is 49.1 Å². The van der Waals surface area contributed by atoms with E-state index in [1.165, 1.54) is 11.4 Å². The fraction of sp³-hybridized carbons (Fsp3) is 0.519. The summed E-state index contributed by atoms with van der Waals surface area (Å²) in [5, 5.41) is 0.674. The number of rotatable bonds is 8. The van der Waals surface area contributed by atoms with Crippen LogP contribution in [0.1, 0.15) is 44.1 Å². The zero-order valence-corrected chi connectivity index (χ0v) is 22.6. The predicted octanol–water partition coefficient (Wildman–Crippen LogP) is 4.91. The first-order valence-corrected chi connectivity index (χ1v) is 14.4. The molecule has 0 atom stereocenters. The number of ether oxygens (including phenoxy) is 2. The number of halogens is 1. The van der Waals surface area contributed by atoms with E-state index in [2.05, 4.69) is 0 Å². The topological polar surface area (TPSA) is 76.1 Å². The molecule has 196 valence electrons. The van der Waals surface area contributed by atoms with Gasteiger partial charge in [0.1, 0.15) is 11.5 Å². The predicted molar refractivity (Wildman–Crippen MR) is 140 cm³/mol. The lowest BCUT2D eigenvalue weighted by molar-refractivity contribution is -0.136. The number of carbonyl (C=O) groups excluding carboxylic acids is 1. The van der Waals surface area contributed by atoms with E-state index >= 15 is 0 Å². The molecule has 2 aliphatic heterocycles. The minimum absolute atomic E-state index is 0.134. The standard InChI is InChI=1S/C27H35ClN2O5S/c1-21-17-23(9-10-25(21)28)35-20-27(19-26(31)29-13-4-3-5-14-29)11-15-30(16-12-27)36(32,33)24-8-6-7-22(18-24)34-2/h6-10,17-18H,3-5,11-16,19-20H2,1-2H3. The first kappa shape index (κ1) is 26.8. The third-order valence-corrected chi connectivity index (χ3v) is 9.69. The Hall–Kier alpha value is -2.29. The second-order valence-corrected chi connectivity index (χ2v) is 12.2. The average Bonchev–Trinajstić information content (AvgIpc) is 2.90. The van der Waals surface area contributed by atoms with E-state index < -0.39 is 15.4 Å². The number of sulfonamides is 1. The Morgan fingerprint density at radius 1 is 1.00 bits per heavy atom. The van der Waals surface area contributed by atoms with Crippen molar-refractivity contribution in [1.29, 1.82) is 0 Å². The highest BCUT2D eigenvalue weighted by Crippen LogP contribution is 2.39. The molecule has 36 heavy (non-hydrogen) atoms. The molecule has 0 aliphatic carbocycles. The Labute approximate surface area is 219 Å². The third-order valence-electron chi connectivity index (χ3n) is 7.37. The van der Waals surface area contributed by atoms with Crippen molar-refractivity contribution >= 4 is 27.5 Å². The molecule has 9 heteroatoms. The zero-order valence-electron chi connectivity index (χ0n) is 21.0. The van der Waals surface area contributed by atoms with Crippen molar-refractivity contribution < 1.29 is 22.7 Å². The van der Waals surface area contributed by atoms with Gasteiger partial charge in [0.25, 0.3) is 0 Å². The van der Waals surface area contributed by atoms with Gasteiger partial charge < -0.3 is 14.4 Å². The Kier molecular flexibility index (Phi) is 8.48. The number of carbonyl (C=O) groups is 1. The maximum Gasteiger partial charge on any atom is 0.243 e. The van der Waals surface area contributed by atoms with Gasteiger partial charge in [-0.3, -0.25) is 4.79 Å². The van der Waals surface area contributed by atoms with E-state index in [9.17, 15) is 13.2 Å². The number of piperidine rings is 2. The average molecular weight is 535 g/mol. The summed E-state index contributed by atoms with van der Waals surface area (Å²) < 4.78 is 39.6. The molecule has 4 rings (SSSR count). The number of benzene rings is 2. The summed E-state index contributed by atoms with van der Waals surface area (Å²) in [5.41, 5.74) is 0.481. The molecule has 0 saturated carbocycles. The van der Waals surface area contributed by atoms with E-state index in [0.717, 1.165) is 37.9 Å². The van der Waals surface area contributed by atoms with E-state index in [1.54, 1.807) is 30.3 Å². The summed E-state index contributed by atoms with van der Waals surface area (Å²) in [4.78, 5) is 15.4. The van der Waals surface area contributed by atoms with Crippen molar-refractivity contribution in [3.8, 4) is 11.5 Å². The quantitative estimate of drug-likeness (QED) is 0.481. The Morgan fingerprint density at radius 2 is 1.72 bits per heavy atom. The van der Waals surface area contributed by atoms with Crippen LogP contribution in [0.5, 0.6) is 11.5 Å². The lowest BCUT2D eigenvalue weighted by atomic mass is 9.76. The Morgan fingerprint density at radius 3 is 2.39 bits per heavy atom. The molecule has 2 fully saturated rings. The van der Waals surface area contributed by atoms with Gasteiger partial charge in [0.05, 0.1) is 18.6 Å². The van der Waals surface area contributed by atoms with E-state index in [0.29, 0.717) is 55.5 Å². The van der Waals surface area contributed by atoms with Crippen LogP contribution in [0, 0.1) is 12.3 Å². The number of likely N-dealkylation sites (tertiary alicyclic amines) is 1. The summed E-state index contributed by atoms with van der Waals surface area (Å²) >= 11 is 6.16. The van der Waals surface area contributed by atoms with Crippen LogP contribution in [0.25, 0.3) is 0 Å². The molecule has 0 bridgehead atoms. The number of hydrogen-bond donors (Lipinski definition) is 0. The fourth-order valence-electron chi connectivity index (χ4n) is 5.00. The van der Waals surface area contributed by atoms with Crippen LogP contribution in [0.15, 0.2) is 47.4 Å². The van der Waals surface area contributed by atoms with Gasteiger partial charge >= 0.3 is 0 Å². The van der Waals surface area contributed by atoms with Crippen molar-refractivity contribution in [2.24, 2.45) is 5.41 Å². The normalized spacial score (nSPS) is 18.6. The van der Waals surface area contributed by atoms with Crippen molar-refractivity contribution in [3.05, 3.63) is 53.1 Å². The maximum absolute atomic E-state index is 13.3. The smallest absolute Gasteiger partial charge is 0.243 e. The van der Waals surface area contributed by atoms with Crippen LogP contribution in [0.4, 0.5) is 0 Å². The van der Waals surface area contributed by atoms with Crippen LogP contribution in [0.2, 0.25) is 5.02 Å². The molecule has 0 aromatic heterocycles. The SMILES string of the molecule is COc1cccc(S(=O)(=O)N2CCC(COc3ccc(Cl)c(C)c3)(CC(=O)N3CCCCC3)CC2)c1. The molecule has 2 heterocycles. The molecule has 0 radical (unpaired) electrons. The van der Waals surface area contributed by atoms with Crippen LogP contribution in [-0.2, 0) is 14.8 Å². The van der Waals surface area contributed by atoms with Crippen molar-refractivity contribution in [2.75, 3.05) is 39.9 Å². The molecular formula is C27H35ClN2O5S. The number of nitrogens with zero attached hydrogens (tertiary/aromatic N) is 2. The summed E-state index contributed by atoms with van der Waals surface area (Å²) in [6.07, 6.45) is 4.67. The molecule has 2 aromatic carbocycles. The molecule has 0 spiro atoms. The molecular weight excluding hydrogens is 500 g/mol. The molecule has 0 unspecified atom stereocenters. The third kappa shape index (κ3) is 6.15. The Bertz CT molecular complexity index is 1170. The highest BCUT2D eigenvalue weighted by molar-refractivity contribution is 7.89. The van der Waals surface area contributed by atoms with Gasteiger partial charge in [0.15, 0.2) is 0 Å². The number of methoxy groups -OCH3 is 1. The molecule has 2 aromatic rings. The molecule has 2 aliphatic rings. The lowest BCUT2D eigenvalue weighted by Crippen LogP contribution is -2.48. The van der Waals surface area contributed by atoms with Gasteiger partial charge in [-0.05, 0) is 74.9 Å². The number of aryl methyl sites for hydroxylation is 1. The van der Waals surface area contributed by atoms with Crippen LogP contribution >= 0.6 is 11.6 Å². The van der Waals surface area contributed by atoms with Crippen LogP contribution < -0.4 is 9.47 Å². The highest BCUT2D eigenvalue weighted by atomic mass is 35.5. The van der Waals surface area contributed by atoms with E-state index in [-0.39, 0.29) is 10.8 Å². The van der Waals surface area contributed by atoms with Crippen LogP contribution in [-0.4, -0.2) is 63.4 Å². The van der Waals surface area contributed by atoms with Crippen LogP contribution in [0.3, 0.4) is 0 Å². The summed E-state index contributed by atoms with van der Waals surface area (Å²) in [6.45, 7) is 4.52. The second kappa shape index (κ2) is 11.4.